The summed E-state index contributed by atoms with van der Waals surface area (Å²) < 4.78 is 1.77. The average molecular weight is 464 g/mol. The Hall–Kier alpha value is -2.15. The Morgan fingerprint density at radius 3 is 2.48 bits per heavy atom. The number of carbonyl (C=O) groups is 1. The molecule has 1 amide bonds. The second-order valence-corrected chi connectivity index (χ2v) is 7.87. The van der Waals surface area contributed by atoms with Crippen LogP contribution < -0.4 is 5.32 Å². The molecule has 8 heteroatoms. The van der Waals surface area contributed by atoms with Crippen LogP contribution in [0.5, 0.6) is 0 Å². The Morgan fingerprint density at radius 1 is 1.16 bits per heavy atom. The monoisotopic (exact) mass is 463 g/mol. The minimum Gasteiger partial charge on any atom is -0.339 e. The third-order valence-corrected chi connectivity index (χ3v) is 5.85. The molecule has 0 spiro atoms. The molecule has 3 aromatic rings. The third-order valence-electron chi connectivity index (χ3n) is 5.85. The number of halogens is 2. The van der Waals surface area contributed by atoms with Crippen LogP contribution in [0, 0.1) is 12.8 Å². The number of nitrogens with zero attached hydrogens (tertiary/aromatic N) is 4. The highest BCUT2D eigenvalue weighted by atomic mass is 35.5. The molecule has 0 unspecified atom stereocenters. The molecular weight excluding hydrogens is 433 g/mol. The molecule has 0 aliphatic carbocycles. The summed E-state index contributed by atoms with van der Waals surface area (Å²) in [5.41, 5.74) is 4.14. The molecule has 1 fully saturated rings. The van der Waals surface area contributed by atoms with Crippen LogP contribution in [0.3, 0.4) is 0 Å². The zero-order chi connectivity index (χ0) is 20.4. The van der Waals surface area contributed by atoms with Gasteiger partial charge in [0.05, 0.1) is 22.3 Å². The second-order valence-electron chi connectivity index (χ2n) is 7.87. The summed E-state index contributed by atoms with van der Waals surface area (Å²) in [4.78, 5) is 20.3. The van der Waals surface area contributed by atoms with Crippen molar-refractivity contribution in [1.29, 1.82) is 0 Å². The van der Waals surface area contributed by atoms with Crippen LogP contribution in [0.2, 0.25) is 0 Å². The van der Waals surface area contributed by atoms with Gasteiger partial charge in [-0.15, -0.1) is 24.8 Å². The first-order valence-electron chi connectivity index (χ1n) is 10.5. The molecule has 1 aromatic carbocycles. The van der Waals surface area contributed by atoms with Crippen molar-refractivity contribution < 1.29 is 4.79 Å². The van der Waals surface area contributed by atoms with Crippen molar-refractivity contribution in [2.45, 2.75) is 26.7 Å². The molecule has 0 atom stereocenters. The van der Waals surface area contributed by atoms with Crippen molar-refractivity contribution in [1.82, 2.24) is 25.0 Å². The van der Waals surface area contributed by atoms with E-state index in [0.29, 0.717) is 11.5 Å². The van der Waals surface area contributed by atoms with Crippen molar-refractivity contribution in [3.63, 3.8) is 0 Å². The van der Waals surface area contributed by atoms with Crippen LogP contribution in [-0.2, 0) is 7.05 Å². The van der Waals surface area contributed by atoms with Crippen molar-refractivity contribution >= 4 is 41.8 Å². The van der Waals surface area contributed by atoms with E-state index in [2.05, 4.69) is 17.3 Å². The molecule has 1 aliphatic heterocycles. The molecule has 0 saturated carbocycles. The molecule has 3 heterocycles. The number of piperidine rings is 1. The summed E-state index contributed by atoms with van der Waals surface area (Å²) in [6.07, 6.45) is 2.09. The van der Waals surface area contributed by atoms with Gasteiger partial charge in [-0.3, -0.25) is 9.48 Å². The smallest absolute Gasteiger partial charge is 0.254 e. The highest BCUT2D eigenvalue weighted by Gasteiger charge is 2.27. The Labute approximate surface area is 196 Å². The molecule has 31 heavy (non-hydrogen) atoms. The number of hydrogen-bond donors (Lipinski definition) is 1. The Bertz CT molecular complexity index is 1010. The predicted molar refractivity (Wildman–Crippen MR) is 130 cm³/mol. The Morgan fingerprint density at radius 2 is 1.84 bits per heavy atom. The number of carbonyl (C=O) groups excluding carboxylic acids is 1. The molecule has 6 nitrogen and oxygen atoms in total. The fourth-order valence-electron chi connectivity index (χ4n) is 4.23. The molecular formula is C23H31Cl2N5O. The molecule has 1 saturated heterocycles. The summed E-state index contributed by atoms with van der Waals surface area (Å²) in [6.45, 7) is 7.73. The quantitative estimate of drug-likeness (QED) is 0.613. The van der Waals surface area contributed by atoms with Gasteiger partial charge in [0.2, 0.25) is 0 Å². The lowest BCUT2D eigenvalue weighted by molar-refractivity contribution is 0.0692. The largest absolute Gasteiger partial charge is 0.339 e. The van der Waals surface area contributed by atoms with E-state index in [1.807, 2.05) is 55.3 Å². The van der Waals surface area contributed by atoms with E-state index in [4.69, 9.17) is 4.98 Å². The SMILES string of the molecule is CCNCC1CCN(C(=O)c2cc(-c3ccccc3)nc3c2c(C)nn3C)CC1.Cl.Cl. The van der Waals surface area contributed by atoms with E-state index in [9.17, 15) is 4.79 Å². The first kappa shape index (κ1) is 25.1. The molecule has 1 N–H and O–H groups in total. The summed E-state index contributed by atoms with van der Waals surface area (Å²) in [5.74, 6) is 0.740. The van der Waals surface area contributed by atoms with Crippen LogP contribution in [0.1, 0.15) is 35.8 Å². The Balaban J connectivity index is 0.00000171. The number of benzene rings is 1. The number of aryl methyl sites for hydroxylation is 2. The van der Waals surface area contributed by atoms with E-state index in [-0.39, 0.29) is 30.7 Å². The molecule has 4 rings (SSSR count). The number of rotatable bonds is 5. The van der Waals surface area contributed by atoms with Crippen molar-refractivity contribution in [2.75, 3.05) is 26.2 Å². The van der Waals surface area contributed by atoms with Crippen molar-refractivity contribution in [3.8, 4) is 11.3 Å². The molecule has 0 radical (unpaired) electrons. The first-order chi connectivity index (χ1) is 14.1. The lowest BCUT2D eigenvalue weighted by atomic mass is 9.95. The van der Waals surface area contributed by atoms with Gasteiger partial charge in [0, 0.05) is 25.7 Å². The maximum Gasteiger partial charge on any atom is 0.254 e. The highest BCUT2D eigenvalue weighted by Crippen LogP contribution is 2.29. The van der Waals surface area contributed by atoms with Crippen molar-refractivity contribution in [3.05, 3.63) is 47.7 Å². The van der Waals surface area contributed by atoms with Crippen LogP contribution in [0.25, 0.3) is 22.3 Å². The first-order valence-corrected chi connectivity index (χ1v) is 10.5. The summed E-state index contributed by atoms with van der Waals surface area (Å²) in [5, 5.41) is 8.83. The Kier molecular flexibility index (Phi) is 8.86. The van der Waals surface area contributed by atoms with E-state index >= 15 is 0 Å². The summed E-state index contributed by atoms with van der Waals surface area (Å²) in [6, 6.07) is 12.0. The molecule has 1 aliphatic rings. The lowest BCUT2D eigenvalue weighted by Gasteiger charge is -2.32. The van der Waals surface area contributed by atoms with Crippen LogP contribution >= 0.6 is 24.8 Å². The highest BCUT2D eigenvalue weighted by molar-refractivity contribution is 6.07. The predicted octanol–water partition coefficient (Wildman–Crippen LogP) is 4.25. The van der Waals surface area contributed by atoms with Gasteiger partial charge in [-0.2, -0.15) is 5.10 Å². The van der Waals surface area contributed by atoms with Gasteiger partial charge in [-0.05, 0) is 44.8 Å². The summed E-state index contributed by atoms with van der Waals surface area (Å²) >= 11 is 0. The van der Waals surface area contributed by atoms with E-state index in [1.165, 1.54) is 0 Å². The number of aromatic nitrogens is 3. The number of nitrogens with one attached hydrogen (secondary N) is 1. The normalized spacial score (nSPS) is 14.2. The van der Waals surface area contributed by atoms with E-state index in [0.717, 1.165) is 67.0 Å². The van der Waals surface area contributed by atoms with E-state index < -0.39 is 0 Å². The maximum absolute atomic E-state index is 13.5. The average Bonchev–Trinajstić information content (AvgIpc) is 3.05. The zero-order valence-corrected chi connectivity index (χ0v) is 19.9. The zero-order valence-electron chi connectivity index (χ0n) is 18.3. The van der Waals surface area contributed by atoms with Gasteiger partial charge >= 0.3 is 0 Å². The van der Waals surface area contributed by atoms with Gasteiger partial charge in [0.1, 0.15) is 0 Å². The number of amides is 1. The topological polar surface area (TPSA) is 63.1 Å². The fraction of sp³-hybridized carbons (Fsp3) is 0.435. The standard InChI is InChI=1S/C23H29N5O.2ClH/c1-4-24-15-17-10-12-28(13-11-17)23(29)19-14-20(18-8-6-5-7-9-18)25-22-21(19)16(2)26-27(22)3;;/h5-9,14,17,24H,4,10-13,15H2,1-3H3;2*1H. The number of fused-ring (bicyclic) bond motifs is 1. The van der Waals surface area contributed by atoms with E-state index in [1.54, 1.807) is 4.68 Å². The van der Waals surface area contributed by atoms with Gasteiger partial charge in [0.25, 0.3) is 5.91 Å². The number of hydrogen-bond acceptors (Lipinski definition) is 4. The lowest BCUT2D eigenvalue weighted by Crippen LogP contribution is -2.40. The maximum atomic E-state index is 13.5. The van der Waals surface area contributed by atoms with Crippen LogP contribution in [0.4, 0.5) is 0 Å². The third kappa shape index (κ3) is 5.20. The minimum absolute atomic E-state index is 0. The van der Waals surface area contributed by atoms with Gasteiger partial charge in [-0.25, -0.2) is 4.98 Å². The van der Waals surface area contributed by atoms with Gasteiger partial charge in [0.15, 0.2) is 5.65 Å². The number of pyridine rings is 1. The molecule has 0 bridgehead atoms. The summed E-state index contributed by atoms with van der Waals surface area (Å²) in [7, 11) is 1.89. The fourth-order valence-corrected chi connectivity index (χ4v) is 4.23. The van der Waals surface area contributed by atoms with Gasteiger partial charge in [-0.1, -0.05) is 37.3 Å². The van der Waals surface area contributed by atoms with Crippen molar-refractivity contribution in [2.24, 2.45) is 13.0 Å². The molecule has 2 aromatic heterocycles. The number of likely N-dealkylation sites (tertiary alicyclic amines) is 1. The van der Waals surface area contributed by atoms with Crippen LogP contribution in [-0.4, -0.2) is 51.8 Å². The second kappa shape index (κ2) is 10.9. The van der Waals surface area contributed by atoms with Gasteiger partial charge < -0.3 is 10.2 Å². The van der Waals surface area contributed by atoms with Crippen LogP contribution in [0.15, 0.2) is 36.4 Å². The minimum atomic E-state index is 0. The molecule has 168 valence electrons.